The van der Waals surface area contributed by atoms with Crippen LogP contribution in [0.25, 0.3) is 0 Å². The second-order valence-corrected chi connectivity index (χ2v) is 6.32. The molecule has 0 saturated carbocycles. The summed E-state index contributed by atoms with van der Waals surface area (Å²) in [5.41, 5.74) is 8.07. The van der Waals surface area contributed by atoms with Crippen molar-refractivity contribution in [2.75, 3.05) is 37.5 Å². The van der Waals surface area contributed by atoms with E-state index in [0.717, 1.165) is 12.8 Å². The van der Waals surface area contributed by atoms with E-state index >= 15 is 0 Å². The van der Waals surface area contributed by atoms with Crippen LogP contribution in [0.3, 0.4) is 0 Å². The van der Waals surface area contributed by atoms with Crippen LogP contribution in [-0.4, -0.2) is 39.2 Å². The van der Waals surface area contributed by atoms with Crippen LogP contribution in [0.4, 0.5) is 16.2 Å². The minimum atomic E-state index is -0.537. The molecule has 0 heterocycles. The third-order valence-corrected chi connectivity index (χ3v) is 3.87. The predicted octanol–water partition coefficient (Wildman–Crippen LogP) is 2.37. The molecule has 0 radical (unpaired) electrons. The molecule has 0 aliphatic rings. The molecule has 7 heteroatoms. The Kier molecular flexibility index (Phi) is 7.49. The maximum atomic E-state index is 11.9. The summed E-state index contributed by atoms with van der Waals surface area (Å²) in [5, 5.41) is 5.58. The molecule has 3 amide bonds. The molecule has 2 rings (SSSR count). The number of nitrogens with one attached hydrogen (secondary N) is 2. The number of benzene rings is 2. The molecule has 0 aliphatic heterocycles. The first-order valence-electron chi connectivity index (χ1n) is 8.76. The normalized spacial score (nSPS) is 10.1. The average Bonchev–Trinajstić information content (AvgIpc) is 2.65. The van der Waals surface area contributed by atoms with Gasteiger partial charge in [-0.2, -0.15) is 0 Å². The van der Waals surface area contributed by atoms with Crippen LogP contribution in [0.1, 0.15) is 12.0 Å². The number of primary amides is 1. The first kappa shape index (κ1) is 20.1. The number of carbonyl (C=O) groups is 2. The molecule has 0 saturated heterocycles. The van der Waals surface area contributed by atoms with E-state index in [2.05, 4.69) is 39.8 Å². The fourth-order valence-electron chi connectivity index (χ4n) is 2.42. The van der Waals surface area contributed by atoms with Gasteiger partial charge in [0.1, 0.15) is 5.75 Å². The van der Waals surface area contributed by atoms with E-state index in [1.807, 2.05) is 14.1 Å². The number of amides is 3. The van der Waals surface area contributed by atoms with Crippen molar-refractivity contribution >= 4 is 23.3 Å². The van der Waals surface area contributed by atoms with Crippen LogP contribution in [0, 0.1) is 0 Å². The van der Waals surface area contributed by atoms with Gasteiger partial charge in [0.2, 0.25) is 0 Å². The lowest BCUT2D eigenvalue weighted by Gasteiger charge is -2.12. The molecular formula is C20H26N4O3. The highest BCUT2D eigenvalue weighted by atomic mass is 16.5. The number of aryl methyl sites for hydroxylation is 1. The summed E-state index contributed by atoms with van der Waals surface area (Å²) in [6.45, 7) is 0.409. The molecular weight excluding hydrogens is 344 g/mol. The molecule has 0 atom stereocenters. The van der Waals surface area contributed by atoms with E-state index in [0.29, 0.717) is 18.0 Å². The average molecular weight is 370 g/mol. The molecule has 2 aromatic rings. The number of rotatable bonds is 9. The van der Waals surface area contributed by atoms with Crippen molar-refractivity contribution < 1.29 is 14.3 Å². The minimum absolute atomic E-state index is 0.175. The summed E-state index contributed by atoms with van der Waals surface area (Å²) in [4.78, 5) is 24.7. The van der Waals surface area contributed by atoms with Gasteiger partial charge in [-0.25, -0.2) is 4.79 Å². The molecule has 144 valence electrons. The van der Waals surface area contributed by atoms with Gasteiger partial charge in [-0.3, -0.25) is 4.79 Å². The number of anilines is 2. The number of carbonyl (C=O) groups excluding carboxylic acids is 2. The van der Waals surface area contributed by atoms with Crippen molar-refractivity contribution in [2.24, 2.45) is 5.73 Å². The lowest BCUT2D eigenvalue weighted by molar-refractivity contribution is -0.119. The molecule has 0 spiro atoms. The van der Waals surface area contributed by atoms with Crippen LogP contribution in [0.2, 0.25) is 0 Å². The second-order valence-electron chi connectivity index (χ2n) is 6.32. The Bertz CT molecular complexity index is 743. The molecule has 0 aromatic heterocycles. The van der Waals surface area contributed by atoms with Crippen molar-refractivity contribution in [1.29, 1.82) is 0 Å². The fraction of sp³-hybridized carbons (Fsp3) is 0.300. The van der Waals surface area contributed by atoms with Crippen LogP contribution in [0.15, 0.2) is 48.5 Å². The maximum Gasteiger partial charge on any atom is 0.319 e. The summed E-state index contributed by atoms with van der Waals surface area (Å²) in [6.07, 6.45) is 1.76. The highest BCUT2D eigenvalue weighted by Crippen LogP contribution is 2.15. The second kappa shape index (κ2) is 10.1. The SMILES string of the molecule is CN(C)c1ccc(CCCNC(=O)Nc2ccc(OCC(N)=O)cc2)cc1. The van der Waals surface area contributed by atoms with Crippen LogP contribution in [0.5, 0.6) is 5.75 Å². The number of hydrogen-bond acceptors (Lipinski definition) is 4. The standard InChI is InChI=1S/C20H26N4O3/c1-24(2)17-9-5-15(6-10-17)4-3-13-22-20(26)23-16-7-11-18(12-8-16)27-14-19(21)25/h5-12H,3-4,13-14H2,1-2H3,(H2,21,25)(H2,22,23,26). The Balaban J connectivity index is 1.67. The molecule has 0 bridgehead atoms. The third-order valence-electron chi connectivity index (χ3n) is 3.87. The number of urea groups is 1. The zero-order valence-corrected chi connectivity index (χ0v) is 15.7. The Labute approximate surface area is 159 Å². The lowest BCUT2D eigenvalue weighted by atomic mass is 10.1. The molecule has 2 aromatic carbocycles. The van der Waals surface area contributed by atoms with E-state index in [1.54, 1.807) is 24.3 Å². The molecule has 4 N–H and O–H groups in total. The lowest BCUT2D eigenvalue weighted by Crippen LogP contribution is -2.29. The summed E-state index contributed by atoms with van der Waals surface area (Å²) < 4.78 is 5.16. The van der Waals surface area contributed by atoms with Gasteiger partial charge >= 0.3 is 6.03 Å². The zero-order chi connectivity index (χ0) is 19.6. The number of ether oxygens (including phenoxy) is 1. The zero-order valence-electron chi connectivity index (χ0n) is 15.7. The molecule has 7 nitrogen and oxygen atoms in total. The van der Waals surface area contributed by atoms with Crippen molar-refractivity contribution in [2.45, 2.75) is 12.8 Å². The van der Waals surface area contributed by atoms with Crippen molar-refractivity contribution in [1.82, 2.24) is 5.32 Å². The Morgan fingerprint density at radius 2 is 1.70 bits per heavy atom. The van der Waals surface area contributed by atoms with Gasteiger partial charge in [0.15, 0.2) is 6.61 Å². The van der Waals surface area contributed by atoms with E-state index in [1.165, 1.54) is 11.3 Å². The summed E-state index contributed by atoms with van der Waals surface area (Å²) >= 11 is 0. The van der Waals surface area contributed by atoms with E-state index in [-0.39, 0.29) is 12.6 Å². The number of hydrogen-bond donors (Lipinski definition) is 3. The molecule has 27 heavy (non-hydrogen) atoms. The number of nitrogens with two attached hydrogens (primary N) is 1. The van der Waals surface area contributed by atoms with Crippen LogP contribution >= 0.6 is 0 Å². The minimum Gasteiger partial charge on any atom is -0.484 e. The van der Waals surface area contributed by atoms with E-state index < -0.39 is 5.91 Å². The predicted molar refractivity (Wildman–Crippen MR) is 107 cm³/mol. The van der Waals surface area contributed by atoms with Crippen molar-refractivity contribution in [3.05, 3.63) is 54.1 Å². The van der Waals surface area contributed by atoms with Gasteiger partial charge in [-0.05, 0) is 54.8 Å². The summed E-state index contributed by atoms with van der Waals surface area (Å²) in [6, 6.07) is 14.9. The smallest absolute Gasteiger partial charge is 0.319 e. The van der Waals surface area contributed by atoms with Crippen LogP contribution < -0.4 is 26.0 Å². The Morgan fingerprint density at radius 3 is 2.30 bits per heavy atom. The van der Waals surface area contributed by atoms with E-state index in [9.17, 15) is 9.59 Å². The van der Waals surface area contributed by atoms with Gasteiger partial charge in [-0.15, -0.1) is 0 Å². The van der Waals surface area contributed by atoms with Gasteiger partial charge in [0.05, 0.1) is 0 Å². The van der Waals surface area contributed by atoms with Gasteiger partial charge in [0, 0.05) is 32.0 Å². The molecule has 0 unspecified atom stereocenters. The van der Waals surface area contributed by atoms with Crippen molar-refractivity contribution in [3.63, 3.8) is 0 Å². The quantitative estimate of drug-likeness (QED) is 0.591. The molecule has 0 aliphatic carbocycles. The summed E-state index contributed by atoms with van der Waals surface area (Å²) in [7, 11) is 4.03. The Morgan fingerprint density at radius 1 is 1.04 bits per heavy atom. The summed E-state index contributed by atoms with van der Waals surface area (Å²) in [5.74, 6) is -0.0229. The maximum absolute atomic E-state index is 11.9. The topological polar surface area (TPSA) is 96.7 Å². The molecule has 0 fully saturated rings. The highest BCUT2D eigenvalue weighted by Gasteiger charge is 2.03. The van der Waals surface area contributed by atoms with Crippen LogP contribution in [-0.2, 0) is 11.2 Å². The van der Waals surface area contributed by atoms with Crippen molar-refractivity contribution in [3.8, 4) is 5.75 Å². The van der Waals surface area contributed by atoms with E-state index in [4.69, 9.17) is 10.5 Å². The van der Waals surface area contributed by atoms with Gasteiger partial charge in [0.25, 0.3) is 5.91 Å². The largest absolute Gasteiger partial charge is 0.484 e. The third kappa shape index (κ3) is 7.27. The Hall–Kier alpha value is -3.22. The van der Waals surface area contributed by atoms with Gasteiger partial charge in [-0.1, -0.05) is 12.1 Å². The first-order chi connectivity index (χ1) is 12.9. The number of nitrogens with zero attached hydrogens (tertiary/aromatic N) is 1. The first-order valence-corrected chi connectivity index (χ1v) is 8.76. The highest BCUT2D eigenvalue weighted by molar-refractivity contribution is 5.89. The monoisotopic (exact) mass is 370 g/mol. The fourth-order valence-corrected chi connectivity index (χ4v) is 2.42. The van der Waals surface area contributed by atoms with Gasteiger partial charge < -0.3 is 26.0 Å².